The van der Waals surface area contributed by atoms with Crippen molar-refractivity contribution in [3.63, 3.8) is 0 Å². The fourth-order valence-electron chi connectivity index (χ4n) is 2.33. The molecule has 2 aromatic rings. The maximum atomic E-state index is 5.84. The first-order valence-corrected chi connectivity index (χ1v) is 9.57. The number of nitrogens with zero attached hydrogens (tertiary/aromatic N) is 2. The minimum absolute atomic E-state index is 0. The van der Waals surface area contributed by atoms with Crippen LogP contribution in [-0.4, -0.2) is 38.3 Å². The molecule has 0 unspecified atom stereocenters. The van der Waals surface area contributed by atoms with Gasteiger partial charge < -0.3 is 20.1 Å². The lowest BCUT2D eigenvalue weighted by Gasteiger charge is -2.15. The molecule has 0 atom stereocenters. The maximum absolute atomic E-state index is 5.84. The lowest BCUT2D eigenvalue weighted by molar-refractivity contribution is 0.145. The molecule has 0 aliphatic heterocycles. The first kappa shape index (κ1) is 23.6. The Hall–Kier alpha value is -1.39. The standard InChI is InChI=1S/C19H28N4O2S.HI/c1-5-16-12-21-18(26-16)13-23-19(20-3)22-11-15-7-6-14(2)10-17(15)25-9-8-24-4;/h6-7,10,12H,5,8-9,11,13H2,1-4H3,(H2,20,22,23);1H. The second-order valence-electron chi connectivity index (χ2n) is 5.81. The summed E-state index contributed by atoms with van der Waals surface area (Å²) in [6, 6.07) is 6.20. The van der Waals surface area contributed by atoms with Crippen molar-refractivity contribution < 1.29 is 9.47 Å². The Labute approximate surface area is 182 Å². The largest absolute Gasteiger partial charge is 0.491 e. The summed E-state index contributed by atoms with van der Waals surface area (Å²) in [6.07, 6.45) is 2.96. The van der Waals surface area contributed by atoms with Gasteiger partial charge in [0.2, 0.25) is 0 Å². The molecule has 8 heteroatoms. The zero-order valence-corrected chi connectivity index (χ0v) is 19.5. The average molecular weight is 504 g/mol. The molecule has 0 aliphatic carbocycles. The van der Waals surface area contributed by atoms with E-state index in [1.165, 1.54) is 10.4 Å². The van der Waals surface area contributed by atoms with E-state index in [-0.39, 0.29) is 24.0 Å². The van der Waals surface area contributed by atoms with Crippen LogP contribution in [0.2, 0.25) is 0 Å². The minimum atomic E-state index is 0. The quantitative estimate of drug-likeness (QED) is 0.237. The van der Waals surface area contributed by atoms with Gasteiger partial charge in [-0.3, -0.25) is 4.99 Å². The Bertz CT molecular complexity index is 721. The van der Waals surface area contributed by atoms with Crippen molar-refractivity contribution in [2.75, 3.05) is 27.4 Å². The van der Waals surface area contributed by atoms with Crippen molar-refractivity contribution in [3.05, 3.63) is 45.4 Å². The third-order valence-electron chi connectivity index (χ3n) is 3.79. The normalized spacial score (nSPS) is 11.0. The fourth-order valence-corrected chi connectivity index (χ4v) is 3.13. The second-order valence-corrected chi connectivity index (χ2v) is 7.01. The van der Waals surface area contributed by atoms with Gasteiger partial charge in [0.1, 0.15) is 17.4 Å². The SMILES string of the molecule is CCc1cnc(CNC(=NC)NCc2ccc(C)cc2OCCOC)s1.I. The molecule has 2 N–H and O–H groups in total. The topological polar surface area (TPSA) is 67.8 Å². The predicted octanol–water partition coefficient (Wildman–Crippen LogP) is 3.52. The van der Waals surface area contributed by atoms with E-state index in [0.29, 0.717) is 26.3 Å². The van der Waals surface area contributed by atoms with Gasteiger partial charge in [0, 0.05) is 37.3 Å². The summed E-state index contributed by atoms with van der Waals surface area (Å²) in [5.74, 6) is 1.61. The highest BCUT2D eigenvalue weighted by Crippen LogP contribution is 2.20. The highest BCUT2D eigenvalue weighted by Gasteiger charge is 2.07. The van der Waals surface area contributed by atoms with E-state index in [4.69, 9.17) is 9.47 Å². The summed E-state index contributed by atoms with van der Waals surface area (Å²) in [6.45, 7) is 6.58. The lowest BCUT2D eigenvalue weighted by Crippen LogP contribution is -2.36. The number of guanidine groups is 1. The van der Waals surface area contributed by atoms with E-state index in [1.54, 1.807) is 25.5 Å². The van der Waals surface area contributed by atoms with Gasteiger partial charge in [-0.05, 0) is 25.0 Å². The number of aromatic nitrogens is 1. The number of nitrogens with one attached hydrogen (secondary N) is 2. The molecule has 0 fully saturated rings. The van der Waals surface area contributed by atoms with Gasteiger partial charge in [-0.2, -0.15) is 0 Å². The Kier molecular flexibility index (Phi) is 11.3. The van der Waals surface area contributed by atoms with Crippen LogP contribution in [0.15, 0.2) is 29.4 Å². The van der Waals surface area contributed by atoms with Crippen LogP contribution in [0.3, 0.4) is 0 Å². The van der Waals surface area contributed by atoms with Gasteiger partial charge >= 0.3 is 0 Å². The molecule has 0 radical (unpaired) electrons. The molecule has 0 aliphatic rings. The van der Waals surface area contributed by atoms with Crippen LogP contribution in [0.5, 0.6) is 5.75 Å². The number of halogens is 1. The number of hydrogen-bond acceptors (Lipinski definition) is 5. The van der Waals surface area contributed by atoms with Crippen molar-refractivity contribution >= 4 is 41.3 Å². The summed E-state index contributed by atoms with van der Waals surface area (Å²) in [5.41, 5.74) is 2.25. The van der Waals surface area contributed by atoms with Crippen LogP contribution in [-0.2, 0) is 24.2 Å². The number of hydrogen-bond donors (Lipinski definition) is 2. The van der Waals surface area contributed by atoms with Crippen molar-refractivity contribution in [2.45, 2.75) is 33.4 Å². The van der Waals surface area contributed by atoms with E-state index >= 15 is 0 Å². The summed E-state index contributed by atoms with van der Waals surface area (Å²) in [7, 11) is 3.43. The highest BCUT2D eigenvalue weighted by atomic mass is 127. The Morgan fingerprint density at radius 1 is 1.22 bits per heavy atom. The molecular formula is C19H29IN4O2S. The number of rotatable bonds is 9. The molecule has 1 aromatic heterocycles. The Balaban J connectivity index is 0.00000364. The average Bonchev–Trinajstić information content (AvgIpc) is 3.11. The van der Waals surface area contributed by atoms with Crippen molar-refractivity contribution in [1.82, 2.24) is 15.6 Å². The maximum Gasteiger partial charge on any atom is 0.191 e. The third-order valence-corrected chi connectivity index (χ3v) is 4.94. The molecule has 150 valence electrons. The highest BCUT2D eigenvalue weighted by molar-refractivity contribution is 14.0. The first-order chi connectivity index (χ1) is 12.7. The van der Waals surface area contributed by atoms with Gasteiger partial charge in [0.05, 0.1) is 13.2 Å². The summed E-state index contributed by atoms with van der Waals surface area (Å²) < 4.78 is 10.9. The van der Waals surface area contributed by atoms with E-state index < -0.39 is 0 Å². The fraction of sp³-hybridized carbons (Fsp3) is 0.474. The molecular weight excluding hydrogens is 475 g/mol. The van der Waals surface area contributed by atoms with Crippen LogP contribution < -0.4 is 15.4 Å². The van der Waals surface area contributed by atoms with Crippen LogP contribution in [0.4, 0.5) is 0 Å². The Morgan fingerprint density at radius 3 is 2.67 bits per heavy atom. The van der Waals surface area contributed by atoms with Gasteiger partial charge in [-0.1, -0.05) is 19.1 Å². The molecule has 6 nitrogen and oxygen atoms in total. The predicted molar refractivity (Wildman–Crippen MR) is 122 cm³/mol. The molecule has 0 bridgehead atoms. The van der Waals surface area contributed by atoms with E-state index in [2.05, 4.69) is 46.6 Å². The van der Waals surface area contributed by atoms with Crippen molar-refractivity contribution in [1.29, 1.82) is 0 Å². The summed E-state index contributed by atoms with van der Waals surface area (Å²) in [5, 5.41) is 7.69. The number of aliphatic imine (C=N–C) groups is 1. The molecule has 0 saturated heterocycles. The van der Waals surface area contributed by atoms with Crippen LogP contribution in [0.25, 0.3) is 0 Å². The molecule has 0 saturated carbocycles. The van der Waals surface area contributed by atoms with E-state index in [9.17, 15) is 0 Å². The van der Waals surface area contributed by atoms with E-state index in [1.807, 2.05) is 12.3 Å². The number of methoxy groups -OCH3 is 1. The lowest BCUT2D eigenvalue weighted by atomic mass is 10.1. The third kappa shape index (κ3) is 8.02. The van der Waals surface area contributed by atoms with Gasteiger partial charge in [0.15, 0.2) is 5.96 Å². The molecule has 1 aromatic carbocycles. The number of thiazole rings is 1. The zero-order valence-electron chi connectivity index (χ0n) is 16.4. The second kappa shape index (κ2) is 12.9. The van der Waals surface area contributed by atoms with Gasteiger partial charge in [-0.25, -0.2) is 4.98 Å². The van der Waals surface area contributed by atoms with Crippen LogP contribution in [0.1, 0.15) is 27.9 Å². The van der Waals surface area contributed by atoms with Crippen LogP contribution >= 0.6 is 35.3 Å². The van der Waals surface area contributed by atoms with Gasteiger partial charge in [0.25, 0.3) is 0 Å². The van der Waals surface area contributed by atoms with E-state index in [0.717, 1.165) is 28.7 Å². The molecule has 0 amide bonds. The number of aryl methyl sites for hydroxylation is 2. The monoisotopic (exact) mass is 504 g/mol. The minimum Gasteiger partial charge on any atom is -0.491 e. The molecule has 1 heterocycles. The van der Waals surface area contributed by atoms with Crippen molar-refractivity contribution in [2.24, 2.45) is 4.99 Å². The summed E-state index contributed by atoms with van der Waals surface area (Å²) >= 11 is 1.73. The van der Waals surface area contributed by atoms with Crippen molar-refractivity contribution in [3.8, 4) is 5.75 Å². The smallest absolute Gasteiger partial charge is 0.191 e. The Morgan fingerprint density at radius 2 is 2.00 bits per heavy atom. The van der Waals surface area contributed by atoms with Gasteiger partial charge in [-0.15, -0.1) is 35.3 Å². The zero-order chi connectivity index (χ0) is 18.8. The molecule has 27 heavy (non-hydrogen) atoms. The summed E-state index contributed by atoms with van der Waals surface area (Å²) in [4.78, 5) is 9.99. The molecule has 0 spiro atoms. The first-order valence-electron chi connectivity index (χ1n) is 8.75. The number of benzene rings is 1. The van der Waals surface area contributed by atoms with Crippen LogP contribution in [0, 0.1) is 6.92 Å². The number of ether oxygens (including phenoxy) is 2. The molecule has 2 rings (SSSR count).